The predicted octanol–water partition coefficient (Wildman–Crippen LogP) is 1.86. The monoisotopic (exact) mass is 236 g/mol. The van der Waals surface area contributed by atoms with Crippen LogP contribution in [0.5, 0.6) is 0 Å². The van der Waals surface area contributed by atoms with Gasteiger partial charge < -0.3 is 10.0 Å². The number of hydrogen-bond donors (Lipinski definition) is 1. The van der Waals surface area contributed by atoms with Crippen LogP contribution in [0.3, 0.4) is 0 Å². The summed E-state index contributed by atoms with van der Waals surface area (Å²) >= 11 is 0. The number of β-amino-alcohol motifs (C(OH)–C–C–N with tert-alkyl or cyclic N) is 1. The van der Waals surface area contributed by atoms with Gasteiger partial charge in [0.2, 0.25) is 0 Å². The topological polar surface area (TPSA) is 66.6 Å². The van der Waals surface area contributed by atoms with E-state index in [1.54, 1.807) is 26.0 Å². The molecule has 92 valence electrons. The lowest BCUT2D eigenvalue weighted by molar-refractivity contribution is -0.384. The van der Waals surface area contributed by atoms with E-state index in [0.717, 1.165) is 0 Å². The van der Waals surface area contributed by atoms with E-state index in [0.29, 0.717) is 30.8 Å². The molecule has 0 bridgehead atoms. The van der Waals surface area contributed by atoms with Crippen molar-refractivity contribution < 1.29 is 10.0 Å². The molecule has 1 aromatic rings. The van der Waals surface area contributed by atoms with E-state index in [2.05, 4.69) is 0 Å². The number of nitro groups is 1. The summed E-state index contributed by atoms with van der Waals surface area (Å²) in [4.78, 5) is 12.6. The molecule has 0 amide bonds. The van der Waals surface area contributed by atoms with Crippen molar-refractivity contribution in [3.05, 3.63) is 33.9 Å². The number of nitrogens with zero attached hydrogens (tertiary/aromatic N) is 2. The van der Waals surface area contributed by atoms with Gasteiger partial charge in [-0.3, -0.25) is 10.1 Å². The van der Waals surface area contributed by atoms with Gasteiger partial charge in [0.05, 0.1) is 10.5 Å². The molecule has 1 unspecified atom stereocenters. The Morgan fingerprint density at radius 1 is 1.53 bits per heavy atom. The van der Waals surface area contributed by atoms with Crippen molar-refractivity contribution in [1.82, 2.24) is 0 Å². The molecule has 0 aromatic heterocycles. The van der Waals surface area contributed by atoms with E-state index in [-0.39, 0.29) is 10.6 Å². The van der Waals surface area contributed by atoms with Gasteiger partial charge in [0.25, 0.3) is 5.69 Å². The second kappa shape index (κ2) is 4.00. The average Bonchev–Trinajstić information content (AvgIpc) is 2.57. The summed E-state index contributed by atoms with van der Waals surface area (Å²) in [5.41, 5.74) is 0.648. The van der Waals surface area contributed by atoms with E-state index in [1.807, 2.05) is 11.0 Å². The summed E-state index contributed by atoms with van der Waals surface area (Å²) in [5, 5.41) is 21.0. The first-order valence-corrected chi connectivity index (χ1v) is 5.62. The van der Waals surface area contributed by atoms with E-state index in [1.165, 1.54) is 0 Å². The first-order valence-electron chi connectivity index (χ1n) is 5.62. The molecule has 5 heteroatoms. The lowest BCUT2D eigenvalue weighted by atomic mass is 10.1. The van der Waals surface area contributed by atoms with Gasteiger partial charge in [0, 0.05) is 18.7 Å². The normalized spacial score (nSPS) is 24.1. The van der Waals surface area contributed by atoms with E-state index >= 15 is 0 Å². The third-order valence-electron chi connectivity index (χ3n) is 3.19. The lowest BCUT2D eigenvalue weighted by Gasteiger charge is -2.21. The fourth-order valence-electron chi connectivity index (χ4n) is 2.29. The van der Waals surface area contributed by atoms with Crippen molar-refractivity contribution >= 4 is 11.4 Å². The number of anilines is 1. The maximum atomic E-state index is 11.1. The molecule has 0 radical (unpaired) electrons. The van der Waals surface area contributed by atoms with Crippen LogP contribution in [0.2, 0.25) is 0 Å². The zero-order chi connectivity index (χ0) is 12.6. The third kappa shape index (κ3) is 2.24. The largest absolute Gasteiger partial charge is 0.388 e. The Hall–Kier alpha value is -1.62. The van der Waals surface area contributed by atoms with Crippen molar-refractivity contribution in [2.24, 2.45) is 0 Å². The van der Waals surface area contributed by atoms with Crippen LogP contribution in [0.25, 0.3) is 0 Å². The maximum absolute atomic E-state index is 11.1. The Balaban J connectivity index is 2.40. The number of hydrogen-bond acceptors (Lipinski definition) is 4. The standard InChI is InChI=1S/C12H16N2O3/c1-9-4-3-5-10(11(9)14(16)17)13-7-6-12(2,15)8-13/h3-5,15H,6-8H2,1-2H3. The maximum Gasteiger partial charge on any atom is 0.295 e. The Bertz CT molecular complexity index is 457. The van der Waals surface area contributed by atoms with Crippen LogP contribution in [-0.4, -0.2) is 28.7 Å². The molecule has 5 nitrogen and oxygen atoms in total. The minimum Gasteiger partial charge on any atom is -0.388 e. The fraction of sp³-hybridized carbons (Fsp3) is 0.500. The molecule has 1 heterocycles. The summed E-state index contributed by atoms with van der Waals surface area (Å²) < 4.78 is 0. The van der Waals surface area contributed by atoms with Gasteiger partial charge in [-0.25, -0.2) is 0 Å². The highest BCUT2D eigenvalue weighted by molar-refractivity contribution is 5.67. The number of benzene rings is 1. The Labute approximate surface area is 99.8 Å². The van der Waals surface area contributed by atoms with Crippen molar-refractivity contribution in [1.29, 1.82) is 0 Å². The van der Waals surface area contributed by atoms with Gasteiger partial charge in [-0.1, -0.05) is 12.1 Å². The molecule has 1 aromatic carbocycles. The lowest BCUT2D eigenvalue weighted by Crippen LogP contribution is -2.29. The van der Waals surface area contributed by atoms with Crippen LogP contribution in [0.15, 0.2) is 18.2 Å². The van der Waals surface area contributed by atoms with Gasteiger partial charge in [-0.15, -0.1) is 0 Å². The molecule has 17 heavy (non-hydrogen) atoms. The van der Waals surface area contributed by atoms with Crippen LogP contribution in [0, 0.1) is 17.0 Å². The van der Waals surface area contributed by atoms with Crippen molar-refractivity contribution in [2.75, 3.05) is 18.0 Å². The highest BCUT2D eigenvalue weighted by Gasteiger charge is 2.34. The molecule has 0 aliphatic carbocycles. The molecule has 1 saturated heterocycles. The predicted molar refractivity (Wildman–Crippen MR) is 65.3 cm³/mol. The Kier molecular flexibility index (Phi) is 2.79. The Morgan fingerprint density at radius 2 is 2.24 bits per heavy atom. The van der Waals surface area contributed by atoms with Gasteiger partial charge in [0.15, 0.2) is 0 Å². The molecule has 1 fully saturated rings. The van der Waals surface area contributed by atoms with Crippen LogP contribution >= 0.6 is 0 Å². The van der Waals surface area contributed by atoms with Gasteiger partial charge >= 0.3 is 0 Å². The van der Waals surface area contributed by atoms with E-state index < -0.39 is 5.60 Å². The van der Waals surface area contributed by atoms with E-state index in [4.69, 9.17) is 0 Å². The summed E-state index contributed by atoms with van der Waals surface area (Å²) in [6, 6.07) is 5.28. The number of aliphatic hydroxyl groups is 1. The quantitative estimate of drug-likeness (QED) is 0.628. The van der Waals surface area contributed by atoms with Gasteiger partial charge in [0.1, 0.15) is 5.69 Å². The summed E-state index contributed by atoms with van der Waals surface area (Å²) in [6.07, 6.45) is 0.637. The van der Waals surface area contributed by atoms with Crippen LogP contribution < -0.4 is 4.90 Å². The molecular formula is C12H16N2O3. The zero-order valence-electron chi connectivity index (χ0n) is 10.0. The number of para-hydroxylation sites is 1. The van der Waals surface area contributed by atoms with Crippen molar-refractivity contribution in [3.8, 4) is 0 Å². The number of aryl methyl sites for hydroxylation is 1. The molecule has 1 aliphatic rings. The highest BCUT2D eigenvalue weighted by Crippen LogP contribution is 2.35. The minimum absolute atomic E-state index is 0.144. The van der Waals surface area contributed by atoms with E-state index in [9.17, 15) is 15.2 Å². The van der Waals surface area contributed by atoms with Crippen molar-refractivity contribution in [3.63, 3.8) is 0 Å². The average molecular weight is 236 g/mol. The first-order chi connectivity index (χ1) is 7.91. The molecule has 1 atom stereocenters. The van der Waals surface area contributed by atoms with Crippen LogP contribution in [0.4, 0.5) is 11.4 Å². The molecular weight excluding hydrogens is 220 g/mol. The van der Waals surface area contributed by atoms with Crippen LogP contribution in [-0.2, 0) is 0 Å². The smallest absolute Gasteiger partial charge is 0.295 e. The summed E-state index contributed by atoms with van der Waals surface area (Å²) in [7, 11) is 0. The molecule has 1 N–H and O–H groups in total. The van der Waals surface area contributed by atoms with Gasteiger partial charge in [-0.2, -0.15) is 0 Å². The first kappa shape index (κ1) is 11.9. The second-order valence-corrected chi connectivity index (χ2v) is 4.87. The minimum atomic E-state index is -0.752. The number of rotatable bonds is 2. The third-order valence-corrected chi connectivity index (χ3v) is 3.19. The summed E-state index contributed by atoms with van der Waals surface area (Å²) in [5.74, 6) is 0. The zero-order valence-corrected chi connectivity index (χ0v) is 10.0. The van der Waals surface area contributed by atoms with Crippen molar-refractivity contribution in [2.45, 2.75) is 25.9 Å². The number of nitro benzene ring substituents is 1. The fourth-order valence-corrected chi connectivity index (χ4v) is 2.29. The summed E-state index contributed by atoms with van der Waals surface area (Å²) in [6.45, 7) is 4.58. The molecule has 0 spiro atoms. The molecule has 2 rings (SSSR count). The highest BCUT2D eigenvalue weighted by atomic mass is 16.6. The van der Waals surface area contributed by atoms with Crippen LogP contribution in [0.1, 0.15) is 18.9 Å². The molecule has 0 saturated carbocycles. The van der Waals surface area contributed by atoms with Gasteiger partial charge in [-0.05, 0) is 26.3 Å². The Morgan fingerprint density at radius 3 is 2.76 bits per heavy atom. The second-order valence-electron chi connectivity index (χ2n) is 4.87. The SMILES string of the molecule is Cc1cccc(N2CCC(C)(O)C2)c1[N+](=O)[O-]. The molecule has 1 aliphatic heterocycles.